The SMILES string of the molecule is CCc1cc(CC)c(-c2cc(Cl)c3[nH]c4cc5c(cc4c3c2)C2(C)CCC(C)(CC2)C5=O)c(CC)c1. The lowest BCUT2D eigenvalue weighted by atomic mass is 9.65. The Kier molecular flexibility index (Phi) is 5.43. The van der Waals surface area contributed by atoms with Gasteiger partial charge in [0.05, 0.1) is 10.5 Å². The van der Waals surface area contributed by atoms with Gasteiger partial charge in [-0.2, -0.15) is 0 Å². The van der Waals surface area contributed by atoms with Crippen LogP contribution in [-0.4, -0.2) is 10.8 Å². The first-order valence-electron chi connectivity index (χ1n) is 13.7. The minimum Gasteiger partial charge on any atom is -0.353 e. The summed E-state index contributed by atoms with van der Waals surface area (Å²) >= 11 is 6.96. The molecule has 0 radical (unpaired) electrons. The molecule has 0 unspecified atom stereocenters. The monoisotopic (exact) mass is 497 g/mol. The molecule has 0 atom stereocenters. The number of aromatic nitrogens is 1. The molecule has 3 heteroatoms. The summed E-state index contributed by atoms with van der Waals surface area (Å²) in [6.45, 7) is 11.2. The number of nitrogens with one attached hydrogen (secondary N) is 1. The molecule has 36 heavy (non-hydrogen) atoms. The number of carbonyl (C=O) groups is 1. The molecular weight excluding hydrogens is 462 g/mol. The molecule has 2 nitrogen and oxygen atoms in total. The Morgan fingerprint density at radius 3 is 2.06 bits per heavy atom. The Hall–Kier alpha value is -2.58. The maximum atomic E-state index is 13.7. The standard InChI is InChI=1S/C33H36ClNO/c1-6-19-13-20(7-2)29(21(8-3)14-19)22-15-24-23-17-26-25(18-28(23)35-30(24)27(34)16-22)31(36)33(5)11-9-32(26,4)10-12-33/h13-18,35H,6-12H2,1-5H3. The van der Waals surface area contributed by atoms with E-state index in [-0.39, 0.29) is 10.8 Å². The van der Waals surface area contributed by atoms with Gasteiger partial charge in [-0.15, -0.1) is 0 Å². The second kappa shape index (κ2) is 8.21. The van der Waals surface area contributed by atoms with Crippen LogP contribution >= 0.6 is 11.6 Å². The molecule has 0 aliphatic heterocycles. The number of carbonyl (C=O) groups excluding carboxylic acids is 1. The minimum atomic E-state index is -0.229. The summed E-state index contributed by atoms with van der Waals surface area (Å²) in [7, 11) is 0. The van der Waals surface area contributed by atoms with Crippen molar-refractivity contribution in [3.8, 4) is 11.1 Å². The Morgan fingerprint density at radius 2 is 1.44 bits per heavy atom. The summed E-state index contributed by atoms with van der Waals surface area (Å²) in [6.07, 6.45) is 7.14. The van der Waals surface area contributed by atoms with Gasteiger partial charge >= 0.3 is 0 Å². The van der Waals surface area contributed by atoms with Gasteiger partial charge in [0.2, 0.25) is 0 Å². The molecule has 3 aromatic carbocycles. The number of halogens is 1. The molecular formula is C33H36ClNO. The van der Waals surface area contributed by atoms with E-state index < -0.39 is 0 Å². The van der Waals surface area contributed by atoms with E-state index in [0.29, 0.717) is 5.78 Å². The average molecular weight is 498 g/mol. The van der Waals surface area contributed by atoms with Gasteiger partial charge in [-0.1, -0.05) is 58.4 Å². The van der Waals surface area contributed by atoms with Crippen LogP contribution in [0.3, 0.4) is 0 Å². The summed E-state index contributed by atoms with van der Waals surface area (Å²) < 4.78 is 0. The number of hydrogen-bond donors (Lipinski definition) is 1. The van der Waals surface area contributed by atoms with Gasteiger partial charge in [-0.3, -0.25) is 4.79 Å². The lowest BCUT2D eigenvalue weighted by Gasteiger charge is -2.38. The number of aromatic amines is 1. The number of rotatable bonds is 4. The van der Waals surface area contributed by atoms with E-state index in [1.807, 2.05) is 0 Å². The number of aryl methyl sites for hydroxylation is 3. The quantitative estimate of drug-likeness (QED) is 0.299. The van der Waals surface area contributed by atoms with E-state index in [2.05, 4.69) is 76.0 Å². The lowest BCUT2D eigenvalue weighted by molar-refractivity contribution is 0.0732. The Balaban J connectivity index is 1.63. The molecule has 1 fully saturated rings. The number of hydrogen-bond acceptors (Lipinski definition) is 1. The van der Waals surface area contributed by atoms with Gasteiger partial charge in [0.1, 0.15) is 0 Å². The maximum Gasteiger partial charge on any atom is 0.169 e. The Bertz CT molecular complexity index is 1520. The zero-order valence-electron chi connectivity index (χ0n) is 22.2. The van der Waals surface area contributed by atoms with E-state index in [4.69, 9.17) is 11.6 Å². The van der Waals surface area contributed by atoms with Gasteiger partial charge in [0.25, 0.3) is 0 Å². The predicted octanol–water partition coefficient (Wildman–Crippen LogP) is 9.36. The summed E-state index contributed by atoms with van der Waals surface area (Å²) in [5, 5.41) is 3.07. The van der Waals surface area contributed by atoms with E-state index in [1.54, 1.807) is 0 Å². The first kappa shape index (κ1) is 23.8. The van der Waals surface area contributed by atoms with Crippen molar-refractivity contribution in [2.75, 3.05) is 0 Å². The van der Waals surface area contributed by atoms with Gasteiger partial charge in [-0.25, -0.2) is 0 Å². The third kappa shape index (κ3) is 3.33. The molecule has 1 saturated carbocycles. The van der Waals surface area contributed by atoms with Gasteiger partial charge in [0, 0.05) is 27.3 Å². The summed E-state index contributed by atoms with van der Waals surface area (Å²) in [5.74, 6) is 0.322. The van der Waals surface area contributed by atoms with Crippen molar-refractivity contribution in [1.29, 1.82) is 0 Å². The van der Waals surface area contributed by atoms with Crippen LogP contribution in [0.25, 0.3) is 32.9 Å². The van der Waals surface area contributed by atoms with Crippen molar-refractivity contribution in [2.45, 2.75) is 85.0 Å². The van der Waals surface area contributed by atoms with Crippen LogP contribution in [0, 0.1) is 5.41 Å². The fraction of sp³-hybridized carbons (Fsp3) is 0.424. The predicted molar refractivity (Wildman–Crippen MR) is 153 cm³/mol. The first-order valence-corrected chi connectivity index (χ1v) is 14.1. The molecule has 0 spiro atoms. The average Bonchev–Trinajstić information content (AvgIpc) is 3.20. The number of Topliss-reactive ketones (excluding diaryl/α,β-unsaturated/α-hetero) is 1. The number of benzene rings is 3. The second-order valence-corrected chi connectivity index (χ2v) is 12.2. The Morgan fingerprint density at radius 1 is 0.806 bits per heavy atom. The normalized spacial score (nSPS) is 23.4. The van der Waals surface area contributed by atoms with Crippen LogP contribution < -0.4 is 0 Å². The van der Waals surface area contributed by atoms with Crippen LogP contribution in [0.1, 0.15) is 92.9 Å². The van der Waals surface area contributed by atoms with E-state index in [9.17, 15) is 4.79 Å². The van der Waals surface area contributed by atoms with Crippen molar-refractivity contribution in [3.05, 3.63) is 69.2 Å². The van der Waals surface area contributed by atoms with E-state index >= 15 is 0 Å². The van der Waals surface area contributed by atoms with Gasteiger partial charge in [0.15, 0.2) is 5.78 Å². The molecule has 3 aliphatic rings. The first-order chi connectivity index (χ1) is 17.2. The van der Waals surface area contributed by atoms with Crippen LogP contribution in [0.2, 0.25) is 5.02 Å². The van der Waals surface area contributed by atoms with Crippen molar-refractivity contribution < 1.29 is 4.79 Å². The third-order valence-electron chi connectivity index (χ3n) is 9.52. The van der Waals surface area contributed by atoms with Crippen molar-refractivity contribution in [1.82, 2.24) is 4.98 Å². The fourth-order valence-electron chi connectivity index (χ4n) is 6.99. The summed E-state index contributed by atoms with van der Waals surface area (Å²) in [4.78, 5) is 17.3. The molecule has 1 N–H and O–H groups in total. The largest absolute Gasteiger partial charge is 0.353 e. The van der Waals surface area contributed by atoms with E-state index in [1.165, 1.54) is 38.8 Å². The van der Waals surface area contributed by atoms with Gasteiger partial charge in [-0.05, 0) is 108 Å². The molecule has 7 rings (SSSR count). The molecule has 1 heterocycles. The highest BCUT2D eigenvalue weighted by molar-refractivity contribution is 6.37. The molecule has 0 amide bonds. The smallest absolute Gasteiger partial charge is 0.169 e. The third-order valence-corrected chi connectivity index (χ3v) is 9.82. The highest BCUT2D eigenvalue weighted by Crippen LogP contribution is 2.54. The van der Waals surface area contributed by atoms with Crippen molar-refractivity contribution in [2.24, 2.45) is 5.41 Å². The van der Waals surface area contributed by atoms with Crippen molar-refractivity contribution >= 4 is 39.2 Å². The van der Waals surface area contributed by atoms with Crippen LogP contribution in [0.5, 0.6) is 0 Å². The van der Waals surface area contributed by atoms with Crippen LogP contribution in [-0.2, 0) is 24.7 Å². The van der Waals surface area contributed by atoms with E-state index in [0.717, 1.165) is 72.0 Å². The van der Waals surface area contributed by atoms with Crippen LogP contribution in [0.15, 0.2) is 36.4 Å². The topological polar surface area (TPSA) is 32.9 Å². The molecule has 4 aromatic rings. The number of ketones is 1. The molecule has 1 aromatic heterocycles. The van der Waals surface area contributed by atoms with Crippen molar-refractivity contribution in [3.63, 3.8) is 0 Å². The van der Waals surface area contributed by atoms with Crippen LogP contribution in [0.4, 0.5) is 0 Å². The molecule has 0 saturated heterocycles. The molecule has 2 bridgehead atoms. The zero-order chi connectivity index (χ0) is 25.4. The number of H-pyrrole nitrogens is 1. The fourth-order valence-corrected chi connectivity index (χ4v) is 7.25. The zero-order valence-corrected chi connectivity index (χ0v) is 23.0. The number of fused-ring (bicyclic) bond motifs is 5. The van der Waals surface area contributed by atoms with Gasteiger partial charge < -0.3 is 4.98 Å². The highest BCUT2D eigenvalue weighted by Gasteiger charge is 2.48. The molecule has 186 valence electrons. The lowest BCUT2D eigenvalue weighted by Crippen LogP contribution is -2.33. The maximum absolute atomic E-state index is 13.7. The second-order valence-electron chi connectivity index (χ2n) is 11.7. The molecule has 3 aliphatic carbocycles. The highest BCUT2D eigenvalue weighted by atomic mass is 35.5. The Labute approximate surface area is 219 Å². The summed E-state index contributed by atoms with van der Waals surface area (Å²) in [5.41, 5.74) is 10.7. The summed E-state index contributed by atoms with van der Waals surface area (Å²) in [6, 6.07) is 13.6. The minimum absolute atomic E-state index is 0.0565.